The molecule has 0 bridgehead atoms. The van der Waals surface area contributed by atoms with Crippen LogP contribution in [-0.4, -0.2) is 43.7 Å². The van der Waals surface area contributed by atoms with Crippen LogP contribution in [0.4, 0.5) is 0 Å². The van der Waals surface area contributed by atoms with Gasteiger partial charge in [-0.25, -0.2) is 0 Å². The molecule has 114 valence electrons. The van der Waals surface area contributed by atoms with Gasteiger partial charge in [0.05, 0.1) is 0 Å². The van der Waals surface area contributed by atoms with Crippen molar-refractivity contribution in [2.45, 2.75) is 50.2 Å². The lowest BCUT2D eigenvalue weighted by Crippen LogP contribution is -2.49. The Hall–Kier alpha value is -1.08. The van der Waals surface area contributed by atoms with Gasteiger partial charge in [-0.15, -0.1) is 10.2 Å². The zero-order valence-corrected chi connectivity index (χ0v) is 13.2. The monoisotopic (exact) mass is 300 g/mol. The van der Waals surface area contributed by atoms with Crippen LogP contribution in [0, 0.1) is 0 Å². The maximum absolute atomic E-state index is 11.3. The summed E-state index contributed by atoms with van der Waals surface area (Å²) in [5, 5.41) is 21.2. The van der Waals surface area contributed by atoms with Gasteiger partial charge in [-0.1, -0.05) is 25.1 Å². The lowest BCUT2D eigenvalue weighted by molar-refractivity contribution is -0.144. The summed E-state index contributed by atoms with van der Waals surface area (Å²) in [5.74, 6) is 0.155. The number of hydrogen-bond acceptors (Lipinski definition) is 5. The van der Waals surface area contributed by atoms with E-state index in [-0.39, 0.29) is 0 Å². The lowest BCUT2D eigenvalue weighted by atomic mass is 9.95. The SMILES string of the molecule is CCCNC(C)(CCCCSc1nncn1C)C(=O)O. The van der Waals surface area contributed by atoms with E-state index < -0.39 is 11.5 Å². The van der Waals surface area contributed by atoms with Crippen molar-refractivity contribution in [3.05, 3.63) is 6.33 Å². The molecule has 0 aliphatic carbocycles. The van der Waals surface area contributed by atoms with Crippen molar-refractivity contribution < 1.29 is 9.90 Å². The van der Waals surface area contributed by atoms with Gasteiger partial charge < -0.3 is 15.0 Å². The molecule has 0 aliphatic heterocycles. The van der Waals surface area contributed by atoms with Crippen LogP contribution in [-0.2, 0) is 11.8 Å². The second-order valence-corrected chi connectivity index (χ2v) is 6.16. The summed E-state index contributed by atoms with van der Waals surface area (Å²) in [6.45, 7) is 4.53. The first kappa shape index (κ1) is 17.0. The highest BCUT2D eigenvalue weighted by atomic mass is 32.2. The molecule has 0 saturated heterocycles. The van der Waals surface area contributed by atoms with Gasteiger partial charge >= 0.3 is 5.97 Å². The number of carboxylic acids is 1. The molecule has 1 aromatic rings. The molecule has 0 amide bonds. The number of carbonyl (C=O) groups is 1. The number of rotatable bonds is 10. The summed E-state index contributed by atoms with van der Waals surface area (Å²) in [4.78, 5) is 11.3. The summed E-state index contributed by atoms with van der Waals surface area (Å²) >= 11 is 1.65. The van der Waals surface area contributed by atoms with Gasteiger partial charge in [0.25, 0.3) is 0 Å². The predicted octanol–water partition coefficient (Wildman–Crippen LogP) is 1.92. The number of aliphatic carboxylic acids is 1. The zero-order chi connectivity index (χ0) is 15.0. The molecule has 0 aromatic carbocycles. The van der Waals surface area contributed by atoms with E-state index in [0.29, 0.717) is 6.42 Å². The van der Waals surface area contributed by atoms with E-state index in [1.54, 1.807) is 25.0 Å². The van der Waals surface area contributed by atoms with Gasteiger partial charge in [0.2, 0.25) is 0 Å². The number of nitrogens with one attached hydrogen (secondary N) is 1. The van der Waals surface area contributed by atoms with Gasteiger partial charge in [0.1, 0.15) is 11.9 Å². The van der Waals surface area contributed by atoms with Crippen molar-refractivity contribution in [3.63, 3.8) is 0 Å². The molecular formula is C13H24N4O2S. The van der Waals surface area contributed by atoms with Crippen LogP contribution in [0.3, 0.4) is 0 Å². The number of aromatic nitrogens is 3. The lowest BCUT2D eigenvalue weighted by Gasteiger charge is -2.26. The van der Waals surface area contributed by atoms with E-state index in [2.05, 4.69) is 15.5 Å². The van der Waals surface area contributed by atoms with Crippen LogP contribution in [0.1, 0.15) is 39.5 Å². The summed E-state index contributed by atoms with van der Waals surface area (Å²) in [7, 11) is 1.92. The van der Waals surface area contributed by atoms with Crippen LogP contribution < -0.4 is 5.32 Å². The molecule has 20 heavy (non-hydrogen) atoms. The third-order valence-electron chi connectivity index (χ3n) is 3.21. The maximum Gasteiger partial charge on any atom is 0.323 e. The number of hydrogen-bond donors (Lipinski definition) is 2. The minimum atomic E-state index is -0.814. The van der Waals surface area contributed by atoms with E-state index in [1.165, 1.54) is 0 Å². The fourth-order valence-corrected chi connectivity index (χ4v) is 2.71. The van der Waals surface area contributed by atoms with E-state index in [4.69, 9.17) is 0 Å². The third kappa shape index (κ3) is 5.13. The first-order valence-corrected chi connectivity index (χ1v) is 7.93. The highest BCUT2D eigenvalue weighted by Gasteiger charge is 2.31. The molecular weight excluding hydrogens is 276 g/mol. The smallest absolute Gasteiger partial charge is 0.323 e. The van der Waals surface area contributed by atoms with Gasteiger partial charge in [-0.2, -0.15) is 0 Å². The van der Waals surface area contributed by atoms with E-state index in [9.17, 15) is 9.90 Å². The third-order valence-corrected chi connectivity index (χ3v) is 4.33. The van der Waals surface area contributed by atoms with Crippen molar-refractivity contribution in [1.29, 1.82) is 0 Å². The van der Waals surface area contributed by atoms with Crippen LogP contribution >= 0.6 is 11.8 Å². The van der Waals surface area contributed by atoms with Crippen molar-refractivity contribution in [3.8, 4) is 0 Å². The van der Waals surface area contributed by atoms with E-state index in [0.717, 1.165) is 36.7 Å². The fourth-order valence-electron chi connectivity index (χ4n) is 1.82. The zero-order valence-electron chi connectivity index (χ0n) is 12.4. The summed E-state index contributed by atoms with van der Waals surface area (Å²) < 4.78 is 1.88. The van der Waals surface area contributed by atoms with Crippen LogP contribution in [0.25, 0.3) is 0 Å². The average Bonchev–Trinajstić information content (AvgIpc) is 2.81. The molecule has 1 unspecified atom stereocenters. The molecule has 0 fully saturated rings. The Morgan fingerprint density at radius 3 is 2.85 bits per heavy atom. The molecule has 1 rings (SSSR count). The molecule has 0 aliphatic rings. The largest absolute Gasteiger partial charge is 0.480 e. The quantitative estimate of drug-likeness (QED) is 0.507. The molecule has 6 nitrogen and oxygen atoms in total. The van der Waals surface area contributed by atoms with Crippen LogP contribution in [0.5, 0.6) is 0 Å². The van der Waals surface area contributed by atoms with E-state index in [1.807, 2.05) is 18.5 Å². The molecule has 2 N–H and O–H groups in total. The first-order valence-electron chi connectivity index (χ1n) is 6.95. The van der Waals surface area contributed by atoms with E-state index >= 15 is 0 Å². The molecule has 7 heteroatoms. The highest BCUT2D eigenvalue weighted by Crippen LogP contribution is 2.19. The summed E-state index contributed by atoms with van der Waals surface area (Å²) in [6, 6.07) is 0. The number of nitrogens with zero attached hydrogens (tertiary/aromatic N) is 3. The summed E-state index contributed by atoms with van der Waals surface area (Å²) in [5.41, 5.74) is -0.814. The predicted molar refractivity (Wildman–Crippen MR) is 79.9 cm³/mol. The normalized spacial score (nSPS) is 14.2. The second-order valence-electron chi connectivity index (χ2n) is 5.09. The van der Waals surface area contributed by atoms with Gasteiger partial charge in [-0.3, -0.25) is 4.79 Å². The number of aryl methyl sites for hydroxylation is 1. The summed E-state index contributed by atoms with van der Waals surface area (Å²) in [6.07, 6.45) is 5.10. The molecule has 1 aromatic heterocycles. The van der Waals surface area contributed by atoms with Crippen molar-refractivity contribution in [2.75, 3.05) is 12.3 Å². The second kappa shape index (κ2) is 8.26. The van der Waals surface area contributed by atoms with Gasteiger partial charge in [0.15, 0.2) is 5.16 Å². The Balaban J connectivity index is 2.27. The number of unbranched alkanes of at least 4 members (excludes halogenated alkanes) is 1. The number of carboxylic acid groups (broad SMARTS) is 1. The highest BCUT2D eigenvalue weighted by molar-refractivity contribution is 7.99. The molecule has 0 radical (unpaired) electrons. The Morgan fingerprint density at radius 2 is 2.30 bits per heavy atom. The van der Waals surface area contributed by atoms with Crippen LogP contribution in [0.15, 0.2) is 11.5 Å². The molecule has 1 atom stereocenters. The Morgan fingerprint density at radius 1 is 1.55 bits per heavy atom. The molecule has 0 spiro atoms. The molecule has 1 heterocycles. The standard InChI is InChI=1S/C13H24N4O2S/c1-4-8-14-13(2,11(18)19)7-5-6-9-20-12-16-15-10-17(12)3/h10,14H,4-9H2,1-3H3,(H,18,19). The van der Waals surface area contributed by atoms with Crippen molar-refractivity contribution in [2.24, 2.45) is 7.05 Å². The van der Waals surface area contributed by atoms with Gasteiger partial charge in [0, 0.05) is 12.8 Å². The minimum absolute atomic E-state index is 0.641. The minimum Gasteiger partial charge on any atom is -0.480 e. The van der Waals surface area contributed by atoms with Crippen LogP contribution in [0.2, 0.25) is 0 Å². The van der Waals surface area contributed by atoms with Crippen molar-refractivity contribution in [1.82, 2.24) is 20.1 Å². The Kier molecular flexibility index (Phi) is 7.01. The first-order chi connectivity index (χ1) is 9.49. The maximum atomic E-state index is 11.3. The number of thioether (sulfide) groups is 1. The van der Waals surface area contributed by atoms with Crippen molar-refractivity contribution >= 4 is 17.7 Å². The fraction of sp³-hybridized carbons (Fsp3) is 0.769. The van der Waals surface area contributed by atoms with Gasteiger partial charge in [-0.05, 0) is 32.7 Å². The Bertz CT molecular complexity index is 424. The Labute approximate surface area is 124 Å². The topological polar surface area (TPSA) is 80.0 Å². The molecule has 0 saturated carbocycles. The average molecular weight is 300 g/mol.